The van der Waals surface area contributed by atoms with Gasteiger partial charge in [0.2, 0.25) is 15.9 Å². The van der Waals surface area contributed by atoms with Crippen LogP contribution in [0.4, 0.5) is 0 Å². The van der Waals surface area contributed by atoms with Crippen LogP contribution in [0, 0.1) is 0 Å². The number of carbonyl (C=O) groups excluding carboxylic acids is 1. The van der Waals surface area contributed by atoms with Crippen LogP contribution in [0.25, 0.3) is 0 Å². The predicted octanol–water partition coefficient (Wildman–Crippen LogP) is 0.851. The molecular formula is C14H22N2O5S. The number of nitrogens with one attached hydrogen (secondary N) is 1. The first-order valence-corrected chi connectivity index (χ1v) is 8.37. The molecule has 0 spiro atoms. The van der Waals surface area contributed by atoms with Gasteiger partial charge in [-0.2, -0.15) is 0 Å². The first-order valence-electron chi connectivity index (χ1n) is 6.89. The number of nitrogens with zero attached hydrogens (tertiary/aromatic N) is 1. The maximum atomic E-state index is 12.4. The van der Waals surface area contributed by atoms with E-state index in [4.69, 9.17) is 9.47 Å². The van der Waals surface area contributed by atoms with Gasteiger partial charge in [0.15, 0.2) is 0 Å². The largest absolute Gasteiger partial charge is 0.497 e. The average molecular weight is 330 g/mol. The Morgan fingerprint density at radius 3 is 2.32 bits per heavy atom. The summed E-state index contributed by atoms with van der Waals surface area (Å²) in [6.45, 7) is 4.42. The van der Waals surface area contributed by atoms with Crippen LogP contribution in [0.15, 0.2) is 23.1 Å². The van der Waals surface area contributed by atoms with Crippen molar-refractivity contribution in [1.82, 2.24) is 9.62 Å². The van der Waals surface area contributed by atoms with Crippen molar-refractivity contribution in [3.63, 3.8) is 0 Å². The fourth-order valence-electron chi connectivity index (χ4n) is 1.92. The normalized spacial score (nSPS) is 11.1. The van der Waals surface area contributed by atoms with Gasteiger partial charge in [0.05, 0.1) is 20.8 Å². The smallest absolute Gasteiger partial charge is 0.244 e. The Hall–Kier alpha value is -1.80. The topological polar surface area (TPSA) is 84.9 Å². The van der Waals surface area contributed by atoms with Crippen LogP contribution >= 0.6 is 0 Å². The van der Waals surface area contributed by atoms with E-state index in [1.165, 1.54) is 26.4 Å². The molecule has 0 radical (unpaired) electrons. The van der Waals surface area contributed by atoms with Crippen LogP contribution in [0.5, 0.6) is 11.5 Å². The van der Waals surface area contributed by atoms with Gasteiger partial charge in [-0.3, -0.25) is 4.79 Å². The summed E-state index contributed by atoms with van der Waals surface area (Å²) in [5.41, 5.74) is 0. The van der Waals surface area contributed by atoms with E-state index in [9.17, 15) is 13.2 Å². The minimum absolute atomic E-state index is 0.0679. The van der Waals surface area contributed by atoms with Crippen molar-refractivity contribution in [3.8, 4) is 11.5 Å². The summed E-state index contributed by atoms with van der Waals surface area (Å²) in [7, 11) is -1.07. The van der Waals surface area contributed by atoms with Crippen LogP contribution in [-0.4, -0.2) is 53.1 Å². The lowest BCUT2D eigenvalue weighted by atomic mass is 10.3. The first kappa shape index (κ1) is 18.2. The van der Waals surface area contributed by atoms with E-state index in [0.29, 0.717) is 18.8 Å². The summed E-state index contributed by atoms with van der Waals surface area (Å²) in [6.07, 6.45) is 0. The van der Waals surface area contributed by atoms with E-state index < -0.39 is 10.0 Å². The SMILES string of the molecule is CCN(CC)C(=O)CNS(=O)(=O)c1cc(OC)ccc1OC. The van der Waals surface area contributed by atoms with Gasteiger partial charge < -0.3 is 14.4 Å². The summed E-state index contributed by atoms with van der Waals surface area (Å²) >= 11 is 0. The van der Waals surface area contributed by atoms with Crippen molar-refractivity contribution in [1.29, 1.82) is 0 Å². The van der Waals surface area contributed by atoms with Crippen molar-refractivity contribution in [2.75, 3.05) is 33.9 Å². The van der Waals surface area contributed by atoms with E-state index >= 15 is 0 Å². The van der Waals surface area contributed by atoms with Crippen molar-refractivity contribution < 1.29 is 22.7 Å². The lowest BCUT2D eigenvalue weighted by molar-refractivity contribution is -0.129. The summed E-state index contributed by atoms with van der Waals surface area (Å²) in [6, 6.07) is 4.45. The van der Waals surface area contributed by atoms with Crippen LogP contribution in [0.1, 0.15) is 13.8 Å². The van der Waals surface area contributed by atoms with Crippen LogP contribution in [0.3, 0.4) is 0 Å². The summed E-state index contributed by atoms with van der Waals surface area (Å²) in [4.78, 5) is 13.4. The number of amides is 1. The molecule has 0 aliphatic carbocycles. The molecule has 22 heavy (non-hydrogen) atoms. The van der Waals surface area contributed by atoms with Gasteiger partial charge in [0, 0.05) is 19.2 Å². The number of rotatable bonds is 8. The molecular weight excluding hydrogens is 308 g/mol. The lowest BCUT2D eigenvalue weighted by Crippen LogP contribution is -2.40. The molecule has 1 aromatic rings. The molecule has 0 unspecified atom stereocenters. The second kappa shape index (κ2) is 8.00. The number of methoxy groups -OCH3 is 2. The van der Waals surface area contributed by atoms with E-state index in [2.05, 4.69) is 4.72 Å². The molecule has 0 saturated carbocycles. The maximum absolute atomic E-state index is 12.4. The zero-order valence-electron chi connectivity index (χ0n) is 13.3. The molecule has 1 amide bonds. The Labute approximate surface area is 131 Å². The minimum atomic E-state index is -3.88. The molecule has 0 heterocycles. The maximum Gasteiger partial charge on any atom is 0.244 e. The number of sulfonamides is 1. The second-order valence-electron chi connectivity index (χ2n) is 4.41. The second-order valence-corrected chi connectivity index (χ2v) is 6.14. The van der Waals surface area contributed by atoms with Crippen molar-refractivity contribution in [2.24, 2.45) is 0 Å². The summed E-state index contributed by atoms with van der Waals surface area (Å²) in [5.74, 6) is 0.287. The Balaban J connectivity index is 2.97. The van der Waals surface area contributed by atoms with Gasteiger partial charge in [-0.15, -0.1) is 0 Å². The van der Waals surface area contributed by atoms with Gasteiger partial charge in [0.1, 0.15) is 16.4 Å². The molecule has 1 N–H and O–H groups in total. The number of ether oxygens (including phenoxy) is 2. The van der Waals surface area contributed by atoms with Gasteiger partial charge in [-0.1, -0.05) is 0 Å². The molecule has 8 heteroatoms. The van der Waals surface area contributed by atoms with E-state index in [0.717, 1.165) is 0 Å². The lowest BCUT2D eigenvalue weighted by Gasteiger charge is -2.19. The van der Waals surface area contributed by atoms with Gasteiger partial charge >= 0.3 is 0 Å². The molecule has 0 bridgehead atoms. The summed E-state index contributed by atoms with van der Waals surface area (Å²) < 4.78 is 37.1. The molecule has 0 aliphatic rings. The fraction of sp³-hybridized carbons (Fsp3) is 0.500. The van der Waals surface area contributed by atoms with E-state index in [1.54, 1.807) is 11.0 Å². The van der Waals surface area contributed by atoms with Crippen LogP contribution in [-0.2, 0) is 14.8 Å². The number of hydrogen-bond acceptors (Lipinski definition) is 5. The van der Waals surface area contributed by atoms with Crippen molar-refractivity contribution in [2.45, 2.75) is 18.7 Å². The number of benzene rings is 1. The zero-order valence-corrected chi connectivity index (χ0v) is 14.1. The molecule has 0 aliphatic heterocycles. The monoisotopic (exact) mass is 330 g/mol. The fourth-order valence-corrected chi connectivity index (χ4v) is 3.07. The molecule has 7 nitrogen and oxygen atoms in total. The predicted molar refractivity (Wildman–Crippen MR) is 82.7 cm³/mol. The molecule has 1 aromatic carbocycles. The van der Waals surface area contributed by atoms with Gasteiger partial charge in [0.25, 0.3) is 0 Å². The molecule has 0 saturated heterocycles. The third-order valence-corrected chi connectivity index (χ3v) is 4.61. The Morgan fingerprint density at radius 2 is 1.82 bits per heavy atom. The average Bonchev–Trinajstić information content (AvgIpc) is 2.53. The zero-order chi connectivity index (χ0) is 16.8. The minimum Gasteiger partial charge on any atom is -0.497 e. The molecule has 0 fully saturated rings. The third kappa shape index (κ3) is 4.35. The standard InChI is InChI=1S/C14H22N2O5S/c1-5-16(6-2)14(17)10-15-22(18,19)13-9-11(20-3)7-8-12(13)21-4/h7-9,15H,5-6,10H2,1-4H3. The highest BCUT2D eigenvalue weighted by Crippen LogP contribution is 2.27. The van der Waals surface area contributed by atoms with Crippen LogP contribution in [0.2, 0.25) is 0 Å². The Bertz CT molecular complexity index is 612. The summed E-state index contributed by atoms with van der Waals surface area (Å²) in [5, 5.41) is 0. The molecule has 0 aromatic heterocycles. The quantitative estimate of drug-likeness (QED) is 0.764. The van der Waals surface area contributed by atoms with Gasteiger partial charge in [-0.05, 0) is 26.0 Å². The highest BCUT2D eigenvalue weighted by Gasteiger charge is 2.22. The van der Waals surface area contributed by atoms with Crippen LogP contribution < -0.4 is 14.2 Å². The first-order chi connectivity index (χ1) is 10.4. The van der Waals surface area contributed by atoms with Crippen molar-refractivity contribution in [3.05, 3.63) is 18.2 Å². The van der Waals surface area contributed by atoms with Crippen molar-refractivity contribution >= 4 is 15.9 Å². The number of hydrogen-bond donors (Lipinski definition) is 1. The Kier molecular flexibility index (Phi) is 6.63. The van der Waals surface area contributed by atoms with E-state index in [-0.39, 0.29) is 23.1 Å². The number of likely N-dealkylation sites (N-methyl/N-ethyl adjacent to an activating group) is 1. The van der Waals surface area contributed by atoms with Gasteiger partial charge in [-0.25, -0.2) is 13.1 Å². The third-order valence-electron chi connectivity index (χ3n) is 3.19. The van der Waals surface area contributed by atoms with E-state index in [1.807, 2.05) is 13.8 Å². The number of carbonyl (C=O) groups is 1. The highest BCUT2D eigenvalue weighted by molar-refractivity contribution is 7.89. The molecule has 124 valence electrons. The Morgan fingerprint density at radius 1 is 1.18 bits per heavy atom. The highest BCUT2D eigenvalue weighted by atomic mass is 32.2. The molecule has 0 atom stereocenters. The molecule has 1 rings (SSSR count).